The van der Waals surface area contributed by atoms with Crippen molar-refractivity contribution in [1.82, 2.24) is 0 Å². The van der Waals surface area contributed by atoms with Crippen molar-refractivity contribution in [3.05, 3.63) is 166 Å². The van der Waals surface area contributed by atoms with Crippen LogP contribution in [-0.4, -0.2) is 12.2 Å². The van der Waals surface area contributed by atoms with Gasteiger partial charge in [-0.15, -0.1) is 0 Å². The van der Waals surface area contributed by atoms with Gasteiger partial charge in [0.05, 0.1) is 17.6 Å². The van der Waals surface area contributed by atoms with Gasteiger partial charge in [0.25, 0.3) is 0 Å². The van der Waals surface area contributed by atoms with E-state index in [4.69, 9.17) is 9.47 Å². The second kappa shape index (κ2) is 14.9. The number of aryl methyl sites for hydroxylation is 4. The molecule has 6 aromatic carbocycles. The highest BCUT2D eigenvalue weighted by molar-refractivity contribution is 5.90. The summed E-state index contributed by atoms with van der Waals surface area (Å²) in [4.78, 5) is 0. The number of ether oxygens (including phenoxy) is 2. The maximum atomic E-state index is 6.62. The summed E-state index contributed by atoms with van der Waals surface area (Å²) in [5.41, 5.74) is 17.3. The summed E-state index contributed by atoms with van der Waals surface area (Å²) in [5.74, 6) is 1.93. The minimum Gasteiger partial charge on any atom is -0.490 e. The Balaban J connectivity index is 1.26. The van der Waals surface area contributed by atoms with Crippen LogP contribution in [0.3, 0.4) is 0 Å². The van der Waals surface area contributed by atoms with E-state index in [1.807, 2.05) is 0 Å². The molecule has 0 N–H and O–H groups in total. The third-order valence-electron chi connectivity index (χ3n) is 12.5. The number of fused-ring (bicyclic) bond motifs is 3. The zero-order valence-electron chi connectivity index (χ0n) is 33.1. The molecule has 0 heterocycles. The lowest BCUT2D eigenvalue weighted by atomic mass is 9.67. The number of benzene rings is 6. The minimum atomic E-state index is -0.568. The molecule has 0 atom stereocenters. The monoisotopic (exact) mass is 722 g/mol. The molecular weight excluding hydrogens is 669 g/mol. The first kappa shape index (κ1) is 35.6. The molecule has 3 aliphatic carbocycles. The molecule has 2 saturated carbocycles. The Morgan fingerprint density at radius 2 is 0.745 bits per heavy atom. The van der Waals surface area contributed by atoms with Gasteiger partial charge in [0.2, 0.25) is 0 Å². The average molecular weight is 723 g/mol. The van der Waals surface area contributed by atoms with E-state index in [1.54, 1.807) is 0 Å². The Labute approximate surface area is 328 Å². The van der Waals surface area contributed by atoms with E-state index in [0.717, 1.165) is 37.2 Å². The number of rotatable bonds is 8. The van der Waals surface area contributed by atoms with Gasteiger partial charge in [0.15, 0.2) is 0 Å². The summed E-state index contributed by atoms with van der Waals surface area (Å²) in [6.45, 7) is 8.80. The van der Waals surface area contributed by atoms with Crippen LogP contribution in [0.2, 0.25) is 0 Å². The van der Waals surface area contributed by atoms with Crippen molar-refractivity contribution in [2.45, 2.75) is 110 Å². The number of hydrogen-bond acceptors (Lipinski definition) is 2. The molecule has 2 heteroatoms. The molecule has 0 radical (unpaired) electrons. The van der Waals surface area contributed by atoms with E-state index in [-0.39, 0.29) is 0 Å². The zero-order chi connectivity index (χ0) is 37.5. The standard InChI is InChI=1S/C53H54O2/c1-35-27-36(2)30-41(29-35)39-15-25-49-50-26-16-40(42-31-37(3)28-38(4)32-42)34-52(50)53(51(49)33-39,43-17-21-47(22-18-43)54-45-11-7-5-8-12-45)44-19-23-48(24-20-44)55-46-13-9-6-10-14-46/h15-34,45-46H,5-14H2,1-4H3. The average Bonchev–Trinajstić information content (AvgIpc) is 3.48. The summed E-state index contributed by atoms with van der Waals surface area (Å²) in [6.07, 6.45) is 12.8. The van der Waals surface area contributed by atoms with Crippen molar-refractivity contribution in [3.63, 3.8) is 0 Å². The lowest BCUT2D eigenvalue weighted by Gasteiger charge is -2.35. The molecule has 2 fully saturated rings. The molecule has 2 nitrogen and oxygen atoms in total. The van der Waals surface area contributed by atoms with Crippen molar-refractivity contribution in [2.24, 2.45) is 0 Å². The molecular formula is C53H54O2. The normalized spacial score (nSPS) is 16.7. The fourth-order valence-corrected chi connectivity index (χ4v) is 10.1. The van der Waals surface area contributed by atoms with Crippen molar-refractivity contribution in [2.75, 3.05) is 0 Å². The van der Waals surface area contributed by atoms with Gasteiger partial charge in [0, 0.05) is 0 Å². The molecule has 6 aromatic rings. The topological polar surface area (TPSA) is 18.5 Å². The Hall–Kier alpha value is -5.08. The molecule has 0 aliphatic heterocycles. The summed E-state index contributed by atoms with van der Waals surface area (Å²) in [5, 5.41) is 0. The van der Waals surface area contributed by atoms with Gasteiger partial charge in [-0.05, 0) is 171 Å². The molecule has 0 unspecified atom stereocenters. The highest BCUT2D eigenvalue weighted by Crippen LogP contribution is 2.58. The summed E-state index contributed by atoms with van der Waals surface area (Å²) < 4.78 is 13.2. The molecule has 9 rings (SSSR count). The van der Waals surface area contributed by atoms with Crippen molar-refractivity contribution < 1.29 is 9.47 Å². The van der Waals surface area contributed by atoms with Crippen LogP contribution in [0.5, 0.6) is 11.5 Å². The van der Waals surface area contributed by atoms with E-state index in [2.05, 4.69) is 149 Å². The lowest BCUT2D eigenvalue weighted by molar-refractivity contribution is 0.155. The van der Waals surface area contributed by atoms with Crippen LogP contribution in [-0.2, 0) is 5.41 Å². The molecule has 0 bridgehead atoms. The predicted octanol–water partition coefficient (Wildman–Crippen LogP) is 14.0. The maximum absolute atomic E-state index is 6.62. The van der Waals surface area contributed by atoms with Crippen LogP contribution in [0, 0.1) is 27.7 Å². The Morgan fingerprint density at radius 3 is 1.11 bits per heavy atom. The van der Waals surface area contributed by atoms with Gasteiger partial charge in [-0.2, -0.15) is 0 Å². The van der Waals surface area contributed by atoms with Gasteiger partial charge >= 0.3 is 0 Å². The molecule has 0 aromatic heterocycles. The molecule has 278 valence electrons. The van der Waals surface area contributed by atoms with Crippen LogP contribution >= 0.6 is 0 Å². The molecule has 0 spiro atoms. The molecule has 0 saturated heterocycles. The summed E-state index contributed by atoms with van der Waals surface area (Å²) in [6, 6.07) is 46.5. The second-order valence-corrected chi connectivity index (χ2v) is 16.8. The molecule has 0 amide bonds. The Kier molecular flexibility index (Phi) is 9.63. The third-order valence-corrected chi connectivity index (χ3v) is 12.5. The smallest absolute Gasteiger partial charge is 0.119 e. The highest BCUT2D eigenvalue weighted by atomic mass is 16.5. The first-order valence-corrected chi connectivity index (χ1v) is 20.8. The molecule has 55 heavy (non-hydrogen) atoms. The van der Waals surface area contributed by atoms with Gasteiger partial charge in [0.1, 0.15) is 11.5 Å². The van der Waals surface area contributed by atoms with E-state index >= 15 is 0 Å². The lowest BCUT2D eigenvalue weighted by Crippen LogP contribution is -2.29. The van der Waals surface area contributed by atoms with Crippen molar-refractivity contribution in [3.8, 4) is 44.9 Å². The first-order valence-electron chi connectivity index (χ1n) is 20.8. The summed E-state index contributed by atoms with van der Waals surface area (Å²) >= 11 is 0. The van der Waals surface area contributed by atoms with Crippen LogP contribution < -0.4 is 9.47 Å². The fraction of sp³-hybridized carbons (Fsp3) is 0.321. The quantitative estimate of drug-likeness (QED) is 0.155. The van der Waals surface area contributed by atoms with Crippen LogP contribution in [0.15, 0.2) is 121 Å². The summed E-state index contributed by atoms with van der Waals surface area (Å²) in [7, 11) is 0. The SMILES string of the molecule is Cc1cc(C)cc(-c2ccc3c(c2)C(c2ccc(OC4CCCCC4)cc2)(c2ccc(OC4CCCCC4)cc2)c2cc(-c4cc(C)cc(C)c4)ccc2-3)c1. The first-order chi connectivity index (χ1) is 26.8. The van der Waals surface area contributed by atoms with Crippen LogP contribution in [0.25, 0.3) is 33.4 Å². The Morgan fingerprint density at radius 1 is 0.382 bits per heavy atom. The second-order valence-electron chi connectivity index (χ2n) is 16.8. The Bertz CT molecular complexity index is 2110. The van der Waals surface area contributed by atoms with Gasteiger partial charge < -0.3 is 9.47 Å². The van der Waals surface area contributed by atoms with E-state index < -0.39 is 5.41 Å². The largest absolute Gasteiger partial charge is 0.490 e. The van der Waals surface area contributed by atoms with Gasteiger partial charge in [-0.3, -0.25) is 0 Å². The van der Waals surface area contributed by atoms with Crippen molar-refractivity contribution in [1.29, 1.82) is 0 Å². The molecule has 3 aliphatic rings. The van der Waals surface area contributed by atoms with E-state index in [1.165, 1.54) is 116 Å². The number of hydrogen-bond donors (Lipinski definition) is 0. The van der Waals surface area contributed by atoms with E-state index in [9.17, 15) is 0 Å². The van der Waals surface area contributed by atoms with Crippen LogP contribution in [0.4, 0.5) is 0 Å². The third kappa shape index (κ3) is 6.90. The van der Waals surface area contributed by atoms with Crippen molar-refractivity contribution >= 4 is 0 Å². The fourth-order valence-electron chi connectivity index (χ4n) is 10.1. The highest BCUT2D eigenvalue weighted by Gasteiger charge is 2.46. The van der Waals surface area contributed by atoms with E-state index in [0.29, 0.717) is 12.2 Å². The van der Waals surface area contributed by atoms with Gasteiger partial charge in [-0.1, -0.05) is 120 Å². The zero-order valence-corrected chi connectivity index (χ0v) is 33.1. The van der Waals surface area contributed by atoms with Crippen LogP contribution in [0.1, 0.15) is 109 Å². The predicted molar refractivity (Wildman–Crippen MR) is 229 cm³/mol. The van der Waals surface area contributed by atoms with Gasteiger partial charge in [-0.25, -0.2) is 0 Å². The minimum absolute atomic E-state index is 0.305. The maximum Gasteiger partial charge on any atom is 0.119 e.